The third-order valence-electron chi connectivity index (χ3n) is 5.73. The van der Waals surface area contributed by atoms with E-state index in [1.165, 1.54) is 0 Å². The summed E-state index contributed by atoms with van der Waals surface area (Å²) in [4.78, 5) is 26.7. The number of likely N-dealkylation sites (tertiary alicyclic amines) is 1. The molecule has 0 radical (unpaired) electrons. The number of nitrogens with zero attached hydrogens (tertiary/aromatic N) is 6. The Morgan fingerprint density at radius 3 is 2.58 bits per heavy atom. The molecule has 1 saturated heterocycles. The lowest BCUT2D eigenvalue weighted by atomic mass is 9.93. The van der Waals surface area contributed by atoms with Crippen LogP contribution in [-0.2, 0) is 7.05 Å². The molecule has 3 heterocycles. The number of aromatic nitrogens is 4. The number of piperidine rings is 1. The summed E-state index contributed by atoms with van der Waals surface area (Å²) < 4.78 is 6.93. The molecule has 162 valence electrons. The van der Waals surface area contributed by atoms with Gasteiger partial charge in [0, 0.05) is 45.6 Å². The van der Waals surface area contributed by atoms with Gasteiger partial charge in [0.2, 0.25) is 5.95 Å². The maximum Gasteiger partial charge on any atom is 0.272 e. The van der Waals surface area contributed by atoms with Crippen LogP contribution in [0.5, 0.6) is 5.75 Å². The zero-order valence-electron chi connectivity index (χ0n) is 18.4. The second-order valence-corrected chi connectivity index (χ2v) is 7.94. The van der Waals surface area contributed by atoms with E-state index in [1.54, 1.807) is 31.1 Å². The van der Waals surface area contributed by atoms with Gasteiger partial charge < -0.3 is 14.5 Å². The minimum Gasteiger partial charge on any atom is -0.497 e. The molecule has 1 amide bonds. The van der Waals surface area contributed by atoms with Gasteiger partial charge in [0.05, 0.1) is 18.8 Å². The number of carbonyl (C=O) groups excluding carboxylic acids is 1. The van der Waals surface area contributed by atoms with Gasteiger partial charge in [-0.25, -0.2) is 9.97 Å². The predicted octanol–water partition coefficient (Wildman–Crippen LogP) is 3.32. The molecule has 31 heavy (non-hydrogen) atoms. The molecular formula is C23H28N6O2. The third kappa shape index (κ3) is 4.10. The standard InChI is InChI=1S/C23H28N6O2/c1-27(2)23-24-15-18(16-8-10-17(31-4)11-9-16)21(26-23)19-7-5-6-14-29(19)22(30)20-12-13-25-28(20)3/h8-13,15,19H,5-7,14H2,1-4H3. The smallest absolute Gasteiger partial charge is 0.272 e. The normalized spacial score (nSPS) is 16.3. The van der Waals surface area contributed by atoms with Crippen molar-refractivity contribution in [3.8, 4) is 16.9 Å². The van der Waals surface area contributed by atoms with Gasteiger partial charge in [-0.3, -0.25) is 9.48 Å². The quantitative estimate of drug-likeness (QED) is 0.630. The number of ether oxygens (including phenoxy) is 1. The summed E-state index contributed by atoms with van der Waals surface area (Å²) in [5, 5.41) is 4.17. The lowest BCUT2D eigenvalue weighted by Gasteiger charge is -2.36. The van der Waals surface area contributed by atoms with Crippen LogP contribution in [0.3, 0.4) is 0 Å². The molecule has 1 atom stereocenters. The second kappa shape index (κ2) is 8.75. The average Bonchev–Trinajstić information content (AvgIpc) is 3.24. The van der Waals surface area contributed by atoms with Crippen LogP contribution in [0.4, 0.5) is 5.95 Å². The van der Waals surface area contributed by atoms with E-state index in [4.69, 9.17) is 9.72 Å². The van der Waals surface area contributed by atoms with Gasteiger partial charge in [-0.2, -0.15) is 5.10 Å². The Hall–Kier alpha value is -3.42. The number of benzene rings is 1. The number of amides is 1. The number of hydrogen-bond acceptors (Lipinski definition) is 6. The highest BCUT2D eigenvalue weighted by Gasteiger charge is 2.33. The summed E-state index contributed by atoms with van der Waals surface area (Å²) in [6.45, 7) is 0.692. The van der Waals surface area contributed by atoms with E-state index in [0.29, 0.717) is 18.2 Å². The fourth-order valence-electron chi connectivity index (χ4n) is 4.04. The zero-order chi connectivity index (χ0) is 22.0. The molecule has 1 unspecified atom stereocenters. The number of rotatable bonds is 5. The average molecular weight is 421 g/mol. The molecule has 1 aliphatic rings. The second-order valence-electron chi connectivity index (χ2n) is 7.94. The Bertz CT molecular complexity index is 1060. The van der Waals surface area contributed by atoms with E-state index in [2.05, 4.69) is 10.1 Å². The molecule has 0 bridgehead atoms. The highest BCUT2D eigenvalue weighted by Crippen LogP contribution is 2.37. The SMILES string of the molecule is COc1ccc(-c2cnc(N(C)C)nc2C2CCCCN2C(=O)c2ccnn2C)cc1. The Kier molecular flexibility index (Phi) is 5.88. The van der Waals surface area contributed by atoms with Crippen molar-refractivity contribution in [1.82, 2.24) is 24.6 Å². The van der Waals surface area contributed by atoms with Crippen LogP contribution < -0.4 is 9.64 Å². The molecule has 3 aromatic rings. The Labute approximate surface area is 182 Å². The van der Waals surface area contributed by atoms with Crippen molar-refractivity contribution >= 4 is 11.9 Å². The third-order valence-corrected chi connectivity index (χ3v) is 5.73. The maximum atomic E-state index is 13.4. The predicted molar refractivity (Wildman–Crippen MR) is 119 cm³/mol. The molecule has 0 spiro atoms. The Morgan fingerprint density at radius 2 is 1.94 bits per heavy atom. The molecular weight excluding hydrogens is 392 g/mol. The molecule has 8 nitrogen and oxygen atoms in total. The van der Waals surface area contributed by atoms with Gasteiger partial charge in [-0.1, -0.05) is 12.1 Å². The lowest BCUT2D eigenvalue weighted by Crippen LogP contribution is -2.40. The molecule has 1 fully saturated rings. The molecule has 1 aromatic carbocycles. The van der Waals surface area contributed by atoms with E-state index in [-0.39, 0.29) is 11.9 Å². The van der Waals surface area contributed by atoms with Crippen LogP contribution in [0.25, 0.3) is 11.1 Å². The van der Waals surface area contributed by atoms with Gasteiger partial charge in [-0.15, -0.1) is 0 Å². The lowest BCUT2D eigenvalue weighted by molar-refractivity contribution is 0.0595. The molecule has 2 aromatic heterocycles. The first-order valence-electron chi connectivity index (χ1n) is 10.5. The number of aryl methyl sites for hydroxylation is 1. The van der Waals surface area contributed by atoms with Gasteiger partial charge in [0.1, 0.15) is 11.4 Å². The van der Waals surface area contributed by atoms with E-state index < -0.39 is 0 Å². The molecule has 1 aliphatic heterocycles. The highest BCUT2D eigenvalue weighted by atomic mass is 16.5. The van der Waals surface area contributed by atoms with Gasteiger partial charge in [0.25, 0.3) is 5.91 Å². The summed E-state index contributed by atoms with van der Waals surface area (Å²) in [7, 11) is 7.29. The van der Waals surface area contributed by atoms with Crippen LogP contribution in [-0.4, -0.2) is 58.3 Å². The van der Waals surface area contributed by atoms with Gasteiger partial charge >= 0.3 is 0 Å². The van der Waals surface area contributed by atoms with Crippen molar-refractivity contribution < 1.29 is 9.53 Å². The van der Waals surface area contributed by atoms with Crippen molar-refractivity contribution in [2.24, 2.45) is 7.05 Å². The minimum absolute atomic E-state index is 0.0182. The summed E-state index contributed by atoms with van der Waals surface area (Å²) in [6, 6.07) is 9.51. The topological polar surface area (TPSA) is 76.4 Å². The molecule has 0 aliphatic carbocycles. The number of anilines is 1. The van der Waals surface area contributed by atoms with Crippen molar-refractivity contribution in [3.05, 3.63) is 54.1 Å². The summed E-state index contributed by atoms with van der Waals surface area (Å²) in [5.41, 5.74) is 3.39. The van der Waals surface area contributed by atoms with Crippen LogP contribution in [0.2, 0.25) is 0 Å². The Morgan fingerprint density at radius 1 is 1.16 bits per heavy atom. The first kappa shape index (κ1) is 20.8. The maximum absolute atomic E-state index is 13.4. The molecule has 0 saturated carbocycles. The van der Waals surface area contributed by atoms with E-state index >= 15 is 0 Å². The van der Waals surface area contributed by atoms with Crippen LogP contribution in [0, 0.1) is 0 Å². The Balaban J connectivity index is 1.80. The summed E-state index contributed by atoms with van der Waals surface area (Å²) in [6.07, 6.45) is 6.40. The first-order chi connectivity index (χ1) is 15.0. The minimum atomic E-state index is -0.130. The van der Waals surface area contributed by atoms with Gasteiger partial charge in [-0.05, 0) is 43.0 Å². The van der Waals surface area contributed by atoms with Gasteiger partial charge in [0.15, 0.2) is 0 Å². The van der Waals surface area contributed by atoms with Crippen molar-refractivity contribution in [1.29, 1.82) is 0 Å². The van der Waals surface area contributed by atoms with E-state index in [9.17, 15) is 4.79 Å². The van der Waals surface area contributed by atoms with Crippen molar-refractivity contribution in [2.45, 2.75) is 25.3 Å². The first-order valence-corrected chi connectivity index (χ1v) is 10.5. The number of hydrogen-bond donors (Lipinski definition) is 0. The van der Waals surface area contributed by atoms with Crippen LogP contribution in [0.1, 0.15) is 41.5 Å². The van der Waals surface area contributed by atoms with E-state index in [1.807, 2.05) is 54.4 Å². The van der Waals surface area contributed by atoms with E-state index in [0.717, 1.165) is 41.8 Å². The highest BCUT2D eigenvalue weighted by molar-refractivity contribution is 5.93. The molecule has 8 heteroatoms. The fourth-order valence-corrected chi connectivity index (χ4v) is 4.04. The number of carbonyl (C=O) groups is 1. The van der Waals surface area contributed by atoms with Crippen LogP contribution >= 0.6 is 0 Å². The number of methoxy groups -OCH3 is 1. The van der Waals surface area contributed by atoms with Crippen molar-refractivity contribution in [2.75, 3.05) is 32.6 Å². The molecule has 0 N–H and O–H groups in total. The van der Waals surface area contributed by atoms with Crippen molar-refractivity contribution in [3.63, 3.8) is 0 Å². The zero-order valence-corrected chi connectivity index (χ0v) is 18.4. The summed E-state index contributed by atoms with van der Waals surface area (Å²) in [5.74, 6) is 1.41. The van der Waals surface area contributed by atoms with Crippen LogP contribution in [0.15, 0.2) is 42.7 Å². The molecule has 4 rings (SSSR count). The monoisotopic (exact) mass is 420 g/mol. The summed E-state index contributed by atoms with van der Waals surface area (Å²) >= 11 is 0. The largest absolute Gasteiger partial charge is 0.497 e. The fraction of sp³-hybridized carbons (Fsp3) is 0.391.